The van der Waals surface area contributed by atoms with E-state index < -0.39 is 12.2 Å². The third-order valence-corrected chi connectivity index (χ3v) is 2.03. The van der Waals surface area contributed by atoms with Crippen LogP contribution in [-0.2, 0) is 0 Å². The summed E-state index contributed by atoms with van der Waals surface area (Å²) in [6.07, 6.45) is -3.84. The fourth-order valence-corrected chi connectivity index (χ4v) is 1.38. The maximum atomic E-state index is 12.2. The first-order valence-electron chi connectivity index (χ1n) is 3.75. The van der Waals surface area contributed by atoms with Crippen molar-refractivity contribution >= 4 is 0 Å². The molecule has 0 amide bonds. The summed E-state index contributed by atoms with van der Waals surface area (Å²) in [6.45, 7) is 0.115. The van der Waals surface area contributed by atoms with Gasteiger partial charge in [0.2, 0.25) is 0 Å². The van der Waals surface area contributed by atoms with E-state index in [1.54, 1.807) is 0 Å². The van der Waals surface area contributed by atoms with E-state index in [0.717, 1.165) is 5.01 Å². The first-order valence-corrected chi connectivity index (χ1v) is 3.75. The second kappa shape index (κ2) is 3.20. The van der Waals surface area contributed by atoms with E-state index in [4.69, 9.17) is 11.6 Å². The minimum absolute atomic E-state index is 0.00116. The molecule has 1 saturated heterocycles. The highest BCUT2D eigenvalue weighted by atomic mass is 19.4. The van der Waals surface area contributed by atoms with Crippen LogP contribution in [0.3, 0.4) is 0 Å². The van der Waals surface area contributed by atoms with Gasteiger partial charge in [-0.1, -0.05) is 0 Å². The van der Waals surface area contributed by atoms with Gasteiger partial charge in [0.15, 0.2) is 0 Å². The molecule has 1 aliphatic heterocycles. The molecule has 0 aromatic carbocycles. The maximum Gasteiger partial charge on any atom is 0.405 e. The van der Waals surface area contributed by atoms with Gasteiger partial charge in [-0.25, -0.2) is 5.01 Å². The molecule has 0 bridgehead atoms. The van der Waals surface area contributed by atoms with Crippen LogP contribution in [0.2, 0.25) is 0 Å². The number of hydrogen-bond donors (Lipinski definition) is 2. The molecule has 0 spiro atoms. The van der Waals surface area contributed by atoms with Crippen LogP contribution in [0.1, 0.15) is 12.8 Å². The zero-order chi connectivity index (χ0) is 9.35. The van der Waals surface area contributed by atoms with Crippen molar-refractivity contribution in [1.82, 2.24) is 5.01 Å². The smallest absolute Gasteiger partial charge is 0.326 e. The van der Waals surface area contributed by atoms with Gasteiger partial charge < -0.3 is 5.73 Å². The van der Waals surface area contributed by atoms with Crippen molar-refractivity contribution in [2.75, 3.05) is 6.54 Å². The Hall–Kier alpha value is -0.330. The van der Waals surface area contributed by atoms with Crippen molar-refractivity contribution in [2.45, 2.75) is 31.1 Å². The number of halogens is 3. The Bertz CT molecular complexity index is 159. The molecule has 2 atom stereocenters. The number of hydrogen-bond acceptors (Lipinski definition) is 3. The molecule has 0 aromatic heterocycles. The molecule has 6 heteroatoms. The highest BCUT2D eigenvalue weighted by Crippen LogP contribution is 2.29. The van der Waals surface area contributed by atoms with Gasteiger partial charge in [0.05, 0.1) is 0 Å². The van der Waals surface area contributed by atoms with Gasteiger partial charge in [0, 0.05) is 12.6 Å². The topological polar surface area (TPSA) is 55.3 Å². The zero-order valence-electron chi connectivity index (χ0n) is 6.51. The molecule has 12 heavy (non-hydrogen) atoms. The molecule has 0 saturated carbocycles. The van der Waals surface area contributed by atoms with Crippen LogP contribution in [0.25, 0.3) is 0 Å². The Balaban J connectivity index is 2.57. The predicted octanol–water partition coefficient (Wildman–Crippen LogP) is 0.214. The van der Waals surface area contributed by atoms with E-state index in [2.05, 4.69) is 0 Å². The van der Waals surface area contributed by atoms with Gasteiger partial charge in [-0.15, -0.1) is 0 Å². The fraction of sp³-hybridized carbons (Fsp3) is 1.00. The van der Waals surface area contributed by atoms with Crippen molar-refractivity contribution in [2.24, 2.45) is 11.6 Å². The summed E-state index contributed by atoms with van der Waals surface area (Å²) < 4.78 is 36.5. The van der Waals surface area contributed by atoms with E-state index in [9.17, 15) is 13.2 Å². The Kier molecular flexibility index (Phi) is 2.60. The number of piperidine rings is 1. The highest BCUT2D eigenvalue weighted by Gasteiger charge is 2.44. The molecular weight excluding hydrogens is 171 g/mol. The van der Waals surface area contributed by atoms with E-state index in [1.807, 2.05) is 0 Å². The number of alkyl halides is 3. The van der Waals surface area contributed by atoms with Gasteiger partial charge >= 0.3 is 6.18 Å². The number of hydrazine groups is 1. The Morgan fingerprint density at radius 1 is 1.25 bits per heavy atom. The predicted molar refractivity (Wildman–Crippen MR) is 37.9 cm³/mol. The van der Waals surface area contributed by atoms with Crippen LogP contribution in [-0.4, -0.2) is 29.8 Å². The number of rotatable bonds is 0. The van der Waals surface area contributed by atoms with Crippen LogP contribution in [0.5, 0.6) is 0 Å². The van der Waals surface area contributed by atoms with E-state index in [1.165, 1.54) is 0 Å². The lowest BCUT2D eigenvalue weighted by molar-refractivity contribution is -0.192. The standard InChI is InChI=1S/C6H12F3N3/c7-6(8,9)5-2-1-4(10)3-12(5)11/h4-5H,1-3,10-11H2. The first kappa shape index (κ1) is 9.76. The lowest BCUT2D eigenvalue weighted by Crippen LogP contribution is -2.57. The molecule has 4 N–H and O–H groups in total. The summed E-state index contributed by atoms with van der Waals surface area (Å²) in [5.41, 5.74) is 5.44. The van der Waals surface area contributed by atoms with E-state index >= 15 is 0 Å². The summed E-state index contributed by atoms with van der Waals surface area (Å²) in [5, 5.41) is 0.786. The van der Waals surface area contributed by atoms with Crippen LogP contribution >= 0.6 is 0 Å². The van der Waals surface area contributed by atoms with Crippen molar-refractivity contribution in [3.8, 4) is 0 Å². The van der Waals surface area contributed by atoms with Crippen molar-refractivity contribution in [1.29, 1.82) is 0 Å². The molecule has 1 fully saturated rings. The highest BCUT2D eigenvalue weighted by molar-refractivity contribution is 4.84. The molecule has 3 nitrogen and oxygen atoms in total. The quantitative estimate of drug-likeness (QED) is 0.528. The average molecular weight is 183 g/mol. The summed E-state index contributed by atoms with van der Waals surface area (Å²) in [7, 11) is 0. The van der Waals surface area contributed by atoms with E-state index in [0.29, 0.717) is 6.42 Å². The van der Waals surface area contributed by atoms with Crippen LogP contribution in [0.15, 0.2) is 0 Å². The van der Waals surface area contributed by atoms with Gasteiger partial charge in [-0.3, -0.25) is 5.84 Å². The molecule has 0 aliphatic carbocycles. The number of nitrogens with two attached hydrogens (primary N) is 2. The second-order valence-corrected chi connectivity index (χ2v) is 3.09. The van der Waals surface area contributed by atoms with Gasteiger partial charge in [0.1, 0.15) is 6.04 Å². The maximum absolute atomic E-state index is 12.2. The minimum Gasteiger partial charge on any atom is -0.326 e. The van der Waals surface area contributed by atoms with Gasteiger partial charge in [-0.2, -0.15) is 13.2 Å². The summed E-state index contributed by atoms with van der Waals surface area (Å²) >= 11 is 0. The molecule has 0 radical (unpaired) electrons. The Labute approximate surface area is 68.5 Å². The third kappa shape index (κ3) is 2.09. The summed E-state index contributed by atoms with van der Waals surface area (Å²) in [5.74, 6) is 5.19. The molecule has 1 rings (SSSR count). The molecular formula is C6H12F3N3. The third-order valence-electron chi connectivity index (χ3n) is 2.03. The monoisotopic (exact) mass is 183 g/mol. The molecule has 1 heterocycles. The Morgan fingerprint density at radius 2 is 1.83 bits per heavy atom. The Morgan fingerprint density at radius 3 is 2.25 bits per heavy atom. The molecule has 72 valence electrons. The van der Waals surface area contributed by atoms with Crippen LogP contribution in [0.4, 0.5) is 13.2 Å². The molecule has 0 aromatic rings. The van der Waals surface area contributed by atoms with Crippen molar-refractivity contribution in [3.63, 3.8) is 0 Å². The normalized spacial score (nSPS) is 33.8. The minimum atomic E-state index is -4.23. The van der Waals surface area contributed by atoms with Crippen LogP contribution in [0, 0.1) is 0 Å². The lowest BCUT2D eigenvalue weighted by atomic mass is 10.0. The van der Waals surface area contributed by atoms with Gasteiger partial charge in [-0.05, 0) is 12.8 Å². The average Bonchev–Trinajstić information content (AvgIpc) is 1.83. The zero-order valence-corrected chi connectivity index (χ0v) is 6.51. The van der Waals surface area contributed by atoms with Gasteiger partial charge in [0.25, 0.3) is 0 Å². The van der Waals surface area contributed by atoms with Crippen LogP contribution < -0.4 is 11.6 Å². The second-order valence-electron chi connectivity index (χ2n) is 3.09. The first-order chi connectivity index (χ1) is 5.41. The molecule has 1 aliphatic rings. The summed E-state index contributed by atoms with van der Waals surface area (Å²) in [6, 6.07) is -1.74. The molecule has 2 unspecified atom stereocenters. The van der Waals surface area contributed by atoms with E-state index in [-0.39, 0.29) is 19.0 Å². The lowest BCUT2D eigenvalue weighted by Gasteiger charge is -2.35. The fourth-order valence-electron chi connectivity index (χ4n) is 1.38. The van der Waals surface area contributed by atoms with Crippen molar-refractivity contribution < 1.29 is 13.2 Å². The SMILES string of the molecule is NC1CCC(C(F)(F)F)N(N)C1. The summed E-state index contributed by atoms with van der Waals surface area (Å²) in [4.78, 5) is 0. The number of nitrogens with zero attached hydrogens (tertiary/aromatic N) is 1. The van der Waals surface area contributed by atoms with Crippen molar-refractivity contribution in [3.05, 3.63) is 0 Å². The largest absolute Gasteiger partial charge is 0.405 e.